The van der Waals surface area contributed by atoms with Crippen molar-refractivity contribution in [2.75, 3.05) is 37.8 Å². The highest BCUT2D eigenvalue weighted by Crippen LogP contribution is 2.21. The number of nitrogens with zero attached hydrogens (tertiary/aromatic N) is 2. The van der Waals surface area contributed by atoms with E-state index in [0.717, 1.165) is 28.6 Å². The van der Waals surface area contributed by atoms with Gasteiger partial charge >= 0.3 is 6.03 Å². The summed E-state index contributed by atoms with van der Waals surface area (Å²) in [5.74, 6) is -0.499. The Hall–Kier alpha value is -2.71. The van der Waals surface area contributed by atoms with Crippen LogP contribution in [0.1, 0.15) is 17.5 Å². The standard InChI is InChI=1S/C23H27BrN4O3/c1-15-4-7-19(12-16(15)10-11-27(2)3)25-22(30)21-13-20(29)14-28(21)23(31)26-18-8-5-17(24)6-9-18/h4-9,12,21H,10-11,13-14H2,1-3H3,(H,25,30)(H,26,31)/t21-/m1/s1. The van der Waals surface area contributed by atoms with Crippen LogP contribution in [-0.2, 0) is 16.0 Å². The highest BCUT2D eigenvalue weighted by molar-refractivity contribution is 9.10. The number of likely N-dealkylation sites (N-methyl/N-ethyl adjacent to an activating group) is 1. The number of amides is 3. The van der Waals surface area contributed by atoms with E-state index in [1.807, 2.05) is 39.2 Å². The Morgan fingerprint density at radius 2 is 1.77 bits per heavy atom. The first-order valence-electron chi connectivity index (χ1n) is 10.1. The molecule has 0 unspecified atom stereocenters. The van der Waals surface area contributed by atoms with Gasteiger partial charge in [0.15, 0.2) is 5.78 Å². The molecule has 7 nitrogen and oxygen atoms in total. The van der Waals surface area contributed by atoms with Crippen molar-refractivity contribution in [2.45, 2.75) is 25.8 Å². The maximum Gasteiger partial charge on any atom is 0.322 e. The maximum atomic E-state index is 12.9. The average Bonchev–Trinajstić information content (AvgIpc) is 3.12. The molecule has 1 heterocycles. The van der Waals surface area contributed by atoms with Gasteiger partial charge in [-0.25, -0.2) is 4.79 Å². The Balaban J connectivity index is 1.69. The van der Waals surface area contributed by atoms with Crippen LogP contribution < -0.4 is 10.6 Å². The van der Waals surface area contributed by atoms with Crippen LogP contribution in [0.3, 0.4) is 0 Å². The molecule has 0 aliphatic carbocycles. The molecular weight excluding hydrogens is 460 g/mol. The van der Waals surface area contributed by atoms with Crippen LogP contribution in [-0.4, -0.2) is 60.7 Å². The summed E-state index contributed by atoms with van der Waals surface area (Å²) in [5.41, 5.74) is 3.57. The molecule has 2 aromatic rings. The lowest BCUT2D eigenvalue weighted by atomic mass is 10.0. The Bertz CT molecular complexity index is 975. The SMILES string of the molecule is Cc1ccc(NC(=O)[C@H]2CC(=O)CN2C(=O)Nc2ccc(Br)cc2)cc1CCN(C)C. The van der Waals surface area contributed by atoms with Gasteiger partial charge in [-0.1, -0.05) is 22.0 Å². The second-order valence-electron chi connectivity index (χ2n) is 8.01. The van der Waals surface area contributed by atoms with Gasteiger partial charge in [0.2, 0.25) is 5.91 Å². The van der Waals surface area contributed by atoms with Crippen molar-refractivity contribution in [1.29, 1.82) is 0 Å². The minimum Gasteiger partial charge on any atom is -0.324 e. The van der Waals surface area contributed by atoms with Crippen molar-refractivity contribution in [3.8, 4) is 0 Å². The molecular formula is C23H27BrN4O3. The number of ketones is 1. The average molecular weight is 487 g/mol. The number of halogens is 1. The first-order chi connectivity index (χ1) is 14.7. The zero-order valence-electron chi connectivity index (χ0n) is 17.9. The molecule has 1 fully saturated rings. The molecule has 1 atom stereocenters. The van der Waals surface area contributed by atoms with Gasteiger partial charge in [-0.15, -0.1) is 0 Å². The topological polar surface area (TPSA) is 81.8 Å². The largest absolute Gasteiger partial charge is 0.324 e. The van der Waals surface area contributed by atoms with Crippen LogP contribution in [0.5, 0.6) is 0 Å². The van der Waals surface area contributed by atoms with Crippen molar-refractivity contribution in [2.24, 2.45) is 0 Å². The number of likely N-dealkylation sites (tertiary alicyclic amines) is 1. The Labute approximate surface area is 190 Å². The molecule has 3 rings (SSSR count). The second kappa shape index (κ2) is 10.1. The van der Waals surface area contributed by atoms with Gasteiger partial charge in [0.25, 0.3) is 0 Å². The fraction of sp³-hybridized carbons (Fsp3) is 0.348. The summed E-state index contributed by atoms with van der Waals surface area (Å²) >= 11 is 3.35. The number of hydrogen-bond donors (Lipinski definition) is 2. The molecule has 164 valence electrons. The van der Waals surface area contributed by atoms with Gasteiger partial charge in [-0.05, 0) is 75.0 Å². The highest BCUT2D eigenvalue weighted by atomic mass is 79.9. The Kier molecular flexibility index (Phi) is 7.46. The van der Waals surface area contributed by atoms with Crippen molar-refractivity contribution < 1.29 is 14.4 Å². The van der Waals surface area contributed by atoms with E-state index < -0.39 is 12.1 Å². The Morgan fingerprint density at radius 1 is 1.10 bits per heavy atom. The van der Waals surface area contributed by atoms with Crippen LogP contribution in [0.15, 0.2) is 46.9 Å². The number of Topliss-reactive ketones (excluding diaryl/α,β-unsaturated/α-hetero) is 1. The fourth-order valence-electron chi connectivity index (χ4n) is 3.45. The first kappa shape index (κ1) is 23.0. The van der Waals surface area contributed by atoms with Crippen molar-refractivity contribution in [3.05, 3.63) is 58.1 Å². The number of carbonyl (C=O) groups excluding carboxylic acids is 3. The van der Waals surface area contributed by atoms with Crippen molar-refractivity contribution in [3.63, 3.8) is 0 Å². The van der Waals surface area contributed by atoms with Gasteiger partial charge in [-0.3, -0.25) is 9.59 Å². The lowest BCUT2D eigenvalue weighted by molar-refractivity contribution is -0.121. The van der Waals surface area contributed by atoms with Gasteiger partial charge in [0.05, 0.1) is 6.54 Å². The minimum atomic E-state index is -0.838. The predicted molar refractivity (Wildman–Crippen MR) is 125 cm³/mol. The van der Waals surface area contributed by atoms with E-state index in [4.69, 9.17) is 0 Å². The lowest BCUT2D eigenvalue weighted by Crippen LogP contribution is -2.45. The molecule has 3 amide bonds. The second-order valence-corrected chi connectivity index (χ2v) is 8.92. The molecule has 0 bridgehead atoms. The normalized spacial score (nSPS) is 16.0. The van der Waals surface area contributed by atoms with Crippen LogP contribution in [0.2, 0.25) is 0 Å². The third-order valence-electron chi connectivity index (χ3n) is 5.25. The number of nitrogens with one attached hydrogen (secondary N) is 2. The molecule has 2 aromatic carbocycles. The number of aryl methyl sites for hydroxylation is 1. The first-order valence-corrected chi connectivity index (χ1v) is 10.9. The summed E-state index contributed by atoms with van der Waals surface area (Å²) < 4.78 is 0.891. The van der Waals surface area contributed by atoms with Gasteiger partial charge in [0.1, 0.15) is 6.04 Å². The lowest BCUT2D eigenvalue weighted by Gasteiger charge is -2.23. The summed E-state index contributed by atoms with van der Waals surface area (Å²) in [7, 11) is 4.04. The molecule has 2 N–H and O–H groups in total. The fourth-order valence-corrected chi connectivity index (χ4v) is 3.72. The molecule has 1 saturated heterocycles. The third kappa shape index (κ3) is 6.15. The monoisotopic (exact) mass is 486 g/mol. The molecule has 1 aliphatic rings. The van der Waals surface area contributed by atoms with Gasteiger partial charge < -0.3 is 20.4 Å². The number of carbonyl (C=O) groups is 3. The quantitative estimate of drug-likeness (QED) is 0.652. The van der Waals surface area contributed by atoms with Crippen LogP contribution in [0.25, 0.3) is 0 Å². The van der Waals surface area contributed by atoms with Crippen LogP contribution in [0.4, 0.5) is 16.2 Å². The zero-order valence-corrected chi connectivity index (χ0v) is 19.5. The summed E-state index contributed by atoms with van der Waals surface area (Å²) in [6.07, 6.45) is 0.880. The van der Waals surface area contributed by atoms with E-state index in [0.29, 0.717) is 11.4 Å². The van der Waals surface area contributed by atoms with E-state index in [-0.39, 0.29) is 24.7 Å². The summed E-state index contributed by atoms with van der Waals surface area (Å²) in [5, 5.41) is 5.64. The molecule has 1 aliphatic heterocycles. The molecule has 0 saturated carbocycles. The Morgan fingerprint density at radius 3 is 2.45 bits per heavy atom. The zero-order chi connectivity index (χ0) is 22.5. The van der Waals surface area contributed by atoms with Gasteiger partial charge in [-0.2, -0.15) is 0 Å². The van der Waals surface area contributed by atoms with Crippen LogP contribution in [0, 0.1) is 6.92 Å². The van der Waals surface area contributed by atoms with Gasteiger partial charge in [0, 0.05) is 28.8 Å². The van der Waals surface area contributed by atoms with Crippen LogP contribution >= 0.6 is 15.9 Å². The number of hydrogen-bond acceptors (Lipinski definition) is 4. The number of benzene rings is 2. The highest BCUT2D eigenvalue weighted by Gasteiger charge is 2.39. The summed E-state index contributed by atoms with van der Waals surface area (Å²) in [4.78, 5) is 41.1. The molecule has 0 spiro atoms. The number of urea groups is 1. The van der Waals surface area contributed by atoms with E-state index in [2.05, 4.69) is 31.5 Å². The maximum absolute atomic E-state index is 12.9. The number of anilines is 2. The van der Waals surface area contributed by atoms with E-state index in [9.17, 15) is 14.4 Å². The van der Waals surface area contributed by atoms with E-state index in [1.165, 1.54) is 4.90 Å². The van der Waals surface area contributed by atoms with Crippen molar-refractivity contribution in [1.82, 2.24) is 9.80 Å². The number of rotatable bonds is 6. The van der Waals surface area contributed by atoms with Crippen molar-refractivity contribution >= 4 is 45.0 Å². The third-order valence-corrected chi connectivity index (χ3v) is 5.78. The molecule has 31 heavy (non-hydrogen) atoms. The molecule has 8 heteroatoms. The molecule has 0 aromatic heterocycles. The smallest absolute Gasteiger partial charge is 0.322 e. The summed E-state index contributed by atoms with van der Waals surface area (Å²) in [6.45, 7) is 2.86. The predicted octanol–water partition coefficient (Wildman–Crippen LogP) is 3.68. The molecule has 0 radical (unpaired) electrons. The van der Waals surface area contributed by atoms with E-state index in [1.54, 1.807) is 24.3 Å². The minimum absolute atomic E-state index is 0.0128. The van der Waals surface area contributed by atoms with E-state index >= 15 is 0 Å². The summed E-state index contributed by atoms with van der Waals surface area (Å²) in [6, 6.07) is 11.6.